The summed E-state index contributed by atoms with van der Waals surface area (Å²) in [6.07, 6.45) is -0.894. The van der Waals surface area contributed by atoms with Crippen molar-refractivity contribution in [3.63, 3.8) is 0 Å². The molecular weight excluding hydrogens is 297 g/mol. The van der Waals surface area contributed by atoms with Gasteiger partial charge in [-0.1, -0.05) is 0 Å². The van der Waals surface area contributed by atoms with Gasteiger partial charge in [0.2, 0.25) is 0 Å². The predicted octanol–water partition coefficient (Wildman–Crippen LogP) is 1.15. The van der Waals surface area contributed by atoms with E-state index in [2.05, 4.69) is 0 Å². The van der Waals surface area contributed by atoms with Crippen LogP contribution < -0.4 is 10.6 Å². The van der Waals surface area contributed by atoms with Crippen LogP contribution in [0, 0.1) is 17.5 Å². The van der Waals surface area contributed by atoms with Gasteiger partial charge in [-0.25, -0.2) is 22.8 Å². The largest absolute Gasteiger partial charge is 0.481 e. The van der Waals surface area contributed by atoms with E-state index in [1.165, 1.54) is 0 Å². The molecule has 0 aromatic heterocycles. The Balaban J connectivity index is 2.76. The zero-order chi connectivity index (χ0) is 16.2. The van der Waals surface area contributed by atoms with Gasteiger partial charge in [0.1, 0.15) is 6.04 Å². The summed E-state index contributed by atoms with van der Waals surface area (Å²) in [7, 11) is 0. The Kier molecular flexibility index (Phi) is 5.11. The van der Waals surface area contributed by atoms with Crippen molar-refractivity contribution in [3.8, 4) is 0 Å². The van der Waals surface area contributed by atoms with Crippen molar-refractivity contribution >= 4 is 23.7 Å². The van der Waals surface area contributed by atoms with Crippen molar-refractivity contribution in [2.45, 2.75) is 12.5 Å². The first-order chi connectivity index (χ1) is 9.70. The van der Waals surface area contributed by atoms with Crippen molar-refractivity contribution in [3.05, 3.63) is 29.6 Å². The molecule has 2 amide bonds. The Morgan fingerprint density at radius 1 is 1.10 bits per heavy atom. The van der Waals surface area contributed by atoms with E-state index in [-0.39, 0.29) is 0 Å². The number of benzene rings is 1. The number of hydrogen-bond acceptors (Lipinski definition) is 3. The second-order valence-electron chi connectivity index (χ2n) is 3.84. The number of carboxylic acids is 2. The molecule has 0 fully saturated rings. The van der Waals surface area contributed by atoms with Crippen molar-refractivity contribution in [2.75, 3.05) is 5.32 Å². The molecule has 114 valence electrons. The summed E-state index contributed by atoms with van der Waals surface area (Å²) in [4.78, 5) is 32.5. The van der Waals surface area contributed by atoms with Crippen molar-refractivity contribution in [1.29, 1.82) is 0 Å². The Morgan fingerprint density at radius 3 is 2.05 bits per heavy atom. The van der Waals surface area contributed by atoms with Gasteiger partial charge < -0.3 is 20.8 Å². The maximum Gasteiger partial charge on any atom is 0.326 e. The van der Waals surface area contributed by atoms with Gasteiger partial charge >= 0.3 is 18.0 Å². The molecule has 4 N–H and O–H groups in total. The van der Waals surface area contributed by atoms with E-state index in [9.17, 15) is 27.6 Å². The molecule has 0 radical (unpaired) electrons. The molecule has 0 aliphatic carbocycles. The summed E-state index contributed by atoms with van der Waals surface area (Å²) in [5.74, 6) is -7.91. The smallest absolute Gasteiger partial charge is 0.326 e. The van der Waals surface area contributed by atoms with Crippen molar-refractivity contribution in [1.82, 2.24) is 5.32 Å². The quantitative estimate of drug-likeness (QED) is 0.609. The van der Waals surface area contributed by atoms with E-state index in [0.29, 0.717) is 12.1 Å². The van der Waals surface area contributed by atoms with Gasteiger partial charge in [-0.2, -0.15) is 0 Å². The average molecular weight is 306 g/mol. The normalized spacial score (nSPS) is 11.6. The number of nitrogens with one attached hydrogen (secondary N) is 2. The van der Waals surface area contributed by atoms with Crippen LogP contribution in [-0.2, 0) is 9.59 Å². The number of rotatable bonds is 5. The van der Waals surface area contributed by atoms with Crippen LogP contribution in [-0.4, -0.2) is 34.2 Å². The molecule has 10 heteroatoms. The molecule has 0 saturated carbocycles. The predicted molar refractivity (Wildman–Crippen MR) is 62.1 cm³/mol. The third kappa shape index (κ3) is 4.67. The van der Waals surface area contributed by atoms with Gasteiger partial charge in [0, 0.05) is 17.8 Å². The number of hydrogen-bond donors (Lipinski definition) is 4. The zero-order valence-corrected chi connectivity index (χ0v) is 10.2. The lowest BCUT2D eigenvalue weighted by molar-refractivity contribution is -0.145. The highest BCUT2D eigenvalue weighted by Crippen LogP contribution is 2.17. The van der Waals surface area contributed by atoms with Gasteiger partial charge in [0.25, 0.3) is 0 Å². The molecule has 1 atom stereocenters. The lowest BCUT2D eigenvalue weighted by Crippen LogP contribution is -2.44. The van der Waals surface area contributed by atoms with Crippen LogP contribution in [0.15, 0.2) is 12.1 Å². The standard InChI is InChI=1S/C11H9F3N2O5/c12-5-1-4(2-6(13)9(5)14)15-11(21)16-7(10(19)20)3-8(17)18/h1-2,7H,3H2,(H,17,18)(H,19,20)(H2,15,16,21). The van der Waals surface area contributed by atoms with Crippen molar-refractivity contribution < 1.29 is 37.8 Å². The molecule has 0 bridgehead atoms. The van der Waals surface area contributed by atoms with E-state index in [1.807, 2.05) is 5.32 Å². The average Bonchev–Trinajstić information content (AvgIpc) is 2.34. The van der Waals surface area contributed by atoms with E-state index in [0.717, 1.165) is 0 Å². The van der Waals surface area contributed by atoms with Crippen LogP contribution >= 0.6 is 0 Å². The highest BCUT2D eigenvalue weighted by Gasteiger charge is 2.23. The molecule has 0 spiro atoms. The minimum absolute atomic E-state index is 0.469. The second kappa shape index (κ2) is 6.59. The molecule has 7 nitrogen and oxygen atoms in total. The first-order valence-electron chi connectivity index (χ1n) is 5.37. The highest BCUT2D eigenvalue weighted by molar-refractivity contribution is 5.93. The van der Waals surface area contributed by atoms with Crippen LogP contribution in [0.25, 0.3) is 0 Å². The fourth-order valence-electron chi connectivity index (χ4n) is 1.33. The van der Waals surface area contributed by atoms with Crippen LogP contribution in [0.3, 0.4) is 0 Å². The summed E-state index contributed by atoms with van der Waals surface area (Å²) in [6, 6.07) is -2.00. The number of urea groups is 1. The molecule has 1 rings (SSSR count). The zero-order valence-electron chi connectivity index (χ0n) is 10.2. The summed E-state index contributed by atoms with van der Waals surface area (Å²) in [6.45, 7) is 0. The molecule has 1 unspecified atom stereocenters. The van der Waals surface area contributed by atoms with E-state index in [4.69, 9.17) is 10.2 Å². The van der Waals surface area contributed by atoms with Crippen LogP contribution in [0.4, 0.5) is 23.7 Å². The SMILES string of the molecule is O=C(O)CC(NC(=O)Nc1cc(F)c(F)c(F)c1)C(=O)O. The Morgan fingerprint density at radius 2 is 1.62 bits per heavy atom. The Labute approximate surface area is 115 Å². The van der Waals surface area contributed by atoms with Gasteiger partial charge in [-0.15, -0.1) is 0 Å². The van der Waals surface area contributed by atoms with E-state index >= 15 is 0 Å². The second-order valence-corrected chi connectivity index (χ2v) is 3.84. The minimum Gasteiger partial charge on any atom is -0.481 e. The number of aliphatic carboxylic acids is 2. The number of halogens is 3. The maximum absolute atomic E-state index is 12.9. The third-order valence-electron chi connectivity index (χ3n) is 2.22. The monoisotopic (exact) mass is 306 g/mol. The van der Waals surface area contributed by atoms with Gasteiger partial charge in [0.15, 0.2) is 17.5 Å². The molecule has 0 saturated heterocycles. The van der Waals surface area contributed by atoms with Crippen LogP contribution in [0.2, 0.25) is 0 Å². The summed E-state index contributed by atoms with van der Waals surface area (Å²) in [5.41, 5.74) is -0.469. The van der Waals surface area contributed by atoms with Crippen LogP contribution in [0.5, 0.6) is 0 Å². The fraction of sp³-hybridized carbons (Fsp3) is 0.182. The van der Waals surface area contributed by atoms with E-state index in [1.54, 1.807) is 5.32 Å². The number of anilines is 1. The molecule has 0 aliphatic heterocycles. The first kappa shape index (κ1) is 16.3. The summed E-state index contributed by atoms with van der Waals surface area (Å²) >= 11 is 0. The summed E-state index contributed by atoms with van der Waals surface area (Å²) in [5, 5.41) is 20.8. The molecule has 1 aromatic rings. The number of amides is 2. The van der Waals surface area contributed by atoms with Gasteiger partial charge in [-0.3, -0.25) is 4.79 Å². The molecular formula is C11H9F3N2O5. The van der Waals surface area contributed by atoms with Crippen LogP contribution in [0.1, 0.15) is 6.42 Å². The highest BCUT2D eigenvalue weighted by atomic mass is 19.2. The fourth-order valence-corrected chi connectivity index (χ4v) is 1.33. The maximum atomic E-state index is 12.9. The van der Waals surface area contributed by atoms with Gasteiger partial charge in [-0.05, 0) is 0 Å². The number of carbonyl (C=O) groups excluding carboxylic acids is 1. The third-order valence-corrected chi connectivity index (χ3v) is 2.22. The number of carboxylic acid groups (broad SMARTS) is 2. The lowest BCUT2D eigenvalue weighted by atomic mass is 10.2. The number of carbonyl (C=O) groups is 3. The summed E-state index contributed by atoms with van der Waals surface area (Å²) < 4.78 is 38.5. The molecule has 0 heterocycles. The Hall–Kier alpha value is -2.78. The van der Waals surface area contributed by atoms with Gasteiger partial charge in [0.05, 0.1) is 6.42 Å². The lowest BCUT2D eigenvalue weighted by Gasteiger charge is -2.13. The first-order valence-corrected chi connectivity index (χ1v) is 5.37. The molecule has 21 heavy (non-hydrogen) atoms. The minimum atomic E-state index is -1.74. The topological polar surface area (TPSA) is 116 Å². The Bertz CT molecular complexity index is 570. The molecule has 0 aliphatic rings. The van der Waals surface area contributed by atoms with E-state index < -0.39 is 53.6 Å². The van der Waals surface area contributed by atoms with Crippen molar-refractivity contribution in [2.24, 2.45) is 0 Å². The molecule has 1 aromatic carbocycles.